The molecule has 0 aliphatic carbocycles. The van der Waals surface area contributed by atoms with Crippen LogP contribution < -0.4 is 0 Å². The van der Waals surface area contributed by atoms with Crippen molar-refractivity contribution in [3.05, 3.63) is 70.9 Å². The van der Waals surface area contributed by atoms with Gasteiger partial charge in [-0.25, -0.2) is 13.6 Å². The summed E-state index contributed by atoms with van der Waals surface area (Å²) in [5.41, 5.74) is 2.74. The number of alkyl halides is 2. The molecule has 0 aromatic heterocycles. The van der Waals surface area contributed by atoms with Crippen molar-refractivity contribution < 1.29 is 23.4 Å². The molecule has 0 amide bonds. The molecule has 3 nitrogen and oxygen atoms in total. The van der Waals surface area contributed by atoms with Gasteiger partial charge in [-0.2, -0.15) is 0 Å². The number of ether oxygens (including phenoxy) is 1. The monoisotopic (exact) mass is 394 g/mol. The molecule has 1 aromatic rings. The molecule has 0 radical (unpaired) electrons. The van der Waals surface area contributed by atoms with Gasteiger partial charge in [-0.3, -0.25) is 0 Å². The molecule has 1 rings (SSSR count). The standard InChI is InChI=1S/C21H24F2O3S/c1-6-18(26-7-2)17-12-16(9-8-15(17)10-11-19(22)23)14(5)27-20(13(3)4)21(24)25/h6-9,12,19H,2,5,10-11H2,1,3-4H3,(H,24,25)/b18-6-. The first-order chi connectivity index (χ1) is 12.7. The van der Waals surface area contributed by atoms with Crippen LogP contribution in [0.1, 0.15) is 43.9 Å². The molecule has 0 bridgehead atoms. The first-order valence-electron chi connectivity index (χ1n) is 8.34. The third kappa shape index (κ3) is 6.71. The Labute approximate surface area is 163 Å². The third-order valence-corrected chi connectivity index (χ3v) is 4.94. The minimum atomic E-state index is -2.40. The largest absolute Gasteiger partial charge is 0.477 e. The first kappa shape index (κ1) is 22.7. The Balaban J connectivity index is 3.30. The number of benzene rings is 1. The van der Waals surface area contributed by atoms with E-state index in [2.05, 4.69) is 13.2 Å². The lowest BCUT2D eigenvalue weighted by Gasteiger charge is -2.15. The second-order valence-electron chi connectivity index (χ2n) is 5.90. The SMILES string of the molecule is C=CO/C(=C\C)c1cc(C(=C)SC(C(=O)O)=C(C)C)ccc1CCC(F)F. The van der Waals surface area contributed by atoms with Crippen LogP contribution in [0, 0.1) is 0 Å². The van der Waals surface area contributed by atoms with Crippen molar-refractivity contribution in [1.29, 1.82) is 0 Å². The third-order valence-electron chi connectivity index (χ3n) is 3.68. The molecule has 0 fully saturated rings. The molecule has 1 N–H and O–H groups in total. The summed E-state index contributed by atoms with van der Waals surface area (Å²) in [5, 5.41) is 9.33. The van der Waals surface area contributed by atoms with Gasteiger partial charge in [-0.05, 0) is 50.5 Å². The van der Waals surface area contributed by atoms with Gasteiger partial charge < -0.3 is 9.84 Å². The van der Waals surface area contributed by atoms with Crippen LogP contribution in [0.4, 0.5) is 8.78 Å². The second-order valence-corrected chi connectivity index (χ2v) is 7.00. The van der Waals surface area contributed by atoms with E-state index in [9.17, 15) is 18.7 Å². The highest BCUT2D eigenvalue weighted by Gasteiger charge is 2.16. The van der Waals surface area contributed by atoms with Gasteiger partial charge in [-0.15, -0.1) is 0 Å². The van der Waals surface area contributed by atoms with Crippen molar-refractivity contribution in [2.75, 3.05) is 0 Å². The van der Waals surface area contributed by atoms with E-state index in [1.807, 2.05) is 0 Å². The normalized spacial score (nSPS) is 11.3. The molecule has 0 aliphatic heterocycles. The Morgan fingerprint density at radius 3 is 2.52 bits per heavy atom. The molecular weight excluding hydrogens is 370 g/mol. The summed E-state index contributed by atoms with van der Waals surface area (Å²) < 4.78 is 30.7. The molecule has 0 heterocycles. The maximum absolute atomic E-state index is 12.6. The predicted molar refractivity (Wildman–Crippen MR) is 108 cm³/mol. The van der Waals surface area contributed by atoms with Crippen LogP contribution >= 0.6 is 11.8 Å². The number of thioether (sulfide) groups is 1. The number of rotatable bonds is 10. The fourth-order valence-corrected chi connectivity index (χ4v) is 3.16. The van der Waals surface area contributed by atoms with Crippen molar-refractivity contribution in [3.63, 3.8) is 0 Å². The summed E-state index contributed by atoms with van der Waals surface area (Å²) >= 11 is 1.06. The minimum absolute atomic E-state index is 0.194. The van der Waals surface area contributed by atoms with Gasteiger partial charge in [0.15, 0.2) is 0 Å². The highest BCUT2D eigenvalue weighted by Crippen LogP contribution is 2.36. The Kier molecular flexibility index (Phi) is 9.02. The molecule has 0 saturated heterocycles. The fraction of sp³-hybridized carbons (Fsp3) is 0.286. The number of aryl methyl sites for hydroxylation is 1. The lowest BCUT2D eigenvalue weighted by molar-refractivity contribution is -0.131. The number of carbonyl (C=O) groups is 1. The Hall–Kier alpha value is -2.34. The average Bonchev–Trinajstić information content (AvgIpc) is 2.61. The molecule has 1 aromatic carbocycles. The van der Waals surface area contributed by atoms with Crippen molar-refractivity contribution in [3.8, 4) is 0 Å². The first-order valence-corrected chi connectivity index (χ1v) is 9.16. The second kappa shape index (κ2) is 10.7. The summed E-state index contributed by atoms with van der Waals surface area (Å²) in [4.78, 5) is 12.1. The van der Waals surface area contributed by atoms with E-state index < -0.39 is 12.4 Å². The van der Waals surface area contributed by atoms with Gasteiger partial charge >= 0.3 is 5.97 Å². The van der Waals surface area contributed by atoms with Crippen molar-refractivity contribution in [2.45, 2.75) is 40.0 Å². The van der Waals surface area contributed by atoms with Crippen LogP contribution in [0.25, 0.3) is 10.7 Å². The van der Waals surface area contributed by atoms with E-state index in [0.717, 1.165) is 11.8 Å². The van der Waals surface area contributed by atoms with Gasteiger partial charge in [0.05, 0.1) is 11.2 Å². The molecule has 27 heavy (non-hydrogen) atoms. The number of carboxylic acids is 1. The minimum Gasteiger partial charge on any atom is -0.477 e. The Bertz CT molecular complexity index is 776. The predicted octanol–water partition coefficient (Wildman–Crippen LogP) is 6.49. The maximum atomic E-state index is 12.6. The van der Waals surface area contributed by atoms with Crippen LogP contribution in [-0.2, 0) is 16.0 Å². The summed E-state index contributed by atoms with van der Waals surface area (Å²) in [5.74, 6) is -0.520. The number of halogens is 2. The average molecular weight is 394 g/mol. The van der Waals surface area contributed by atoms with E-state index in [-0.39, 0.29) is 17.7 Å². The lowest BCUT2D eigenvalue weighted by Crippen LogP contribution is -2.01. The fourth-order valence-electron chi connectivity index (χ4n) is 2.38. The van der Waals surface area contributed by atoms with Gasteiger partial charge in [0, 0.05) is 16.9 Å². The van der Waals surface area contributed by atoms with E-state index in [1.54, 1.807) is 45.0 Å². The van der Waals surface area contributed by atoms with Gasteiger partial charge in [0.25, 0.3) is 0 Å². The van der Waals surface area contributed by atoms with Crippen LogP contribution in [0.2, 0.25) is 0 Å². The summed E-state index contributed by atoms with van der Waals surface area (Å²) in [6.07, 6.45) is 0.538. The van der Waals surface area contributed by atoms with Crippen LogP contribution in [0.15, 0.2) is 54.2 Å². The smallest absolute Gasteiger partial charge is 0.342 e. The number of hydrogen-bond acceptors (Lipinski definition) is 3. The van der Waals surface area contributed by atoms with Crippen LogP contribution in [-0.4, -0.2) is 17.5 Å². The molecule has 0 saturated carbocycles. The molecule has 0 spiro atoms. The molecular formula is C21H24F2O3S. The number of aliphatic carboxylic acids is 1. The molecule has 0 atom stereocenters. The zero-order chi connectivity index (χ0) is 20.6. The topological polar surface area (TPSA) is 46.5 Å². The zero-order valence-electron chi connectivity index (χ0n) is 15.7. The highest BCUT2D eigenvalue weighted by molar-refractivity contribution is 8.12. The zero-order valence-corrected chi connectivity index (χ0v) is 16.5. The van der Waals surface area contributed by atoms with Gasteiger partial charge in [0.1, 0.15) is 5.76 Å². The molecule has 6 heteroatoms. The van der Waals surface area contributed by atoms with Gasteiger partial charge in [-0.1, -0.05) is 42.6 Å². The summed E-state index contributed by atoms with van der Waals surface area (Å²) in [6.45, 7) is 12.7. The lowest BCUT2D eigenvalue weighted by atomic mass is 9.98. The van der Waals surface area contributed by atoms with Crippen molar-refractivity contribution >= 4 is 28.4 Å². The molecule has 146 valence electrons. The van der Waals surface area contributed by atoms with Crippen LogP contribution in [0.5, 0.6) is 0 Å². The molecule has 0 unspecified atom stereocenters. The summed E-state index contributed by atoms with van der Waals surface area (Å²) in [6, 6.07) is 5.28. The van der Waals surface area contributed by atoms with E-state index in [4.69, 9.17) is 4.74 Å². The van der Waals surface area contributed by atoms with E-state index in [0.29, 0.717) is 32.9 Å². The Morgan fingerprint density at radius 1 is 1.37 bits per heavy atom. The maximum Gasteiger partial charge on any atom is 0.342 e. The highest BCUT2D eigenvalue weighted by atomic mass is 32.2. The number of allylic oxidation sites excluding steroid dienone is 2. The molecule has 0 aliphatic rings. The Morgan fingerprint density at radius 2 is 2.04 bits per heavy atom. The van der Waals surface area contributed by atoms with Crippen LogP contribution in [0.3, 0.4) is 0 Å². The van der Waals surface area contributed by atoms with Crippen molar-refractivity contribution in [2.24, 2.45) is 0 Å². The number of hydrogen-bond donors (Lipinski definition) is 1. The number of carboxylic acid groups (broad SMARTS) is 1. The summed E-state index contributed by atoms with van der Waals surface area (Å²) in [7, 11) is 0. The van der Waals surface area contributed by atoms with Gasteiger partial charge in [0.2, 0.25) is 6.43 Å². The quantitative estimate of drug-likeness (QED) is 0.364. The van der Waals surface area contributed by atoms with E-state index >= 15 is 0 Å². The van der Waals surface area contributed by atoms with E-state index in [1.165, 1.54) is 6.26 Å². The van der Waals surface area contributed by atoms with Crippen molar-refractivity contribution in [1.82, 2.24) is 0 Å².